The molecule has 1 aromatic heterocycles. The largest absolute Gasteiger partial charge is 0.481 e. The van der Waals surface area contributed by atoms with Gasteiger partial charge >= 0.3 is 5.97 Å². The Morgan fingerprint density at radius 3 is 2.79 bits per heavy atom. The molecule has 0 amide bonds. The molecule has 1 aliphatic rings. The van der Waals surface area contributed by atoms with Crippen molar-refractivity contribution >= 4 is 22.9 Å². The molecule has 0 fully saturated rings. The number of benzene rings is 1. The van der Waals surface area contributed by atoms with Crippen LogP contribution < -0.4 is 0 Å². The monoisotopic (exact) mass is 341 g/mol. The summed E-state index contributed by atoms with van der Waals surface area (Å²) in [6.07, 6.45) is 5.45. The number of carbonyl (C=O) groups is 1. The van der Waals surface area contributed by atoms with Gasteiger partial charge in [0.25, 0.3) is 0 Å². The van der Waals surface area contributed by atoms with Gasteiger partial charge in [-0.3, -0.25) is 4.79 Å². The van der Waals surface area contributed by atoms with Gasteiger partial charge in [-0.05, 0) is 72.6 Å². The third-order valence-electron chi connectivity index (χ3n) is 4.40. The second-order valence-corrected chi connectivity index (χ2v) is 7.46. The highest BCUT2D eigenvalue weighted by Gasteiger charge is 2.19. The first kappa shape index (κ1) is 16.9. The van der Waals surface area contributed by atoms with Crippen LogP contribution in [0.2, 0.25) is 0 Å². The summed E-state index contributed by atoms with van der Waals surface area (Å²) in [4.78, 5) is 14.6. The van der Waals surface area contributed by atoms with E-state index < -0.39 is 5.97 Å². The molecule has 1 aliphatic carbocycles. The van der Waals surface area contributed by atoms with Crippen molar-refractivity contribution in [2.45, 2.75) is 25.7 Å². The van der Waals surface area contributed by atoms with Crippen LogP contribution in [-0.2, 0) is 24.1 Å². The second-order valence-electron chi connectivity index (χ2n) is 6.55. The van der Waals surface area contributed by atoms with E-state index in [1.165, 1.54) is 27.1 Å². The fourth-order valence-corrected chi connectivity index (χ4v) is 4.22. The number of fused-ring (bicyclic) bond motifs is 2. The third-order valence-corrected chi connectivity index (χ3v) is 5.39. The van der Waals surface area contributed by atoms with Crippen LogP contribution in [0, 0.1) is 0 Å². The average molecular weight is 341 g/mol. The van der Waals surface area contributed by atoms with Crippen molar-refractivity contribution < 1.29 is 9.90 Å². The lowest BCUT2D eigenvalue weighted by atomic mass is 9.95. The number of aryl methyl sites for hydroxylation is 2. The van der Waals surface area contributed by atoms with Crippen molar-refractivity contribution in [2.75, 3.05) is 20.6 Å². The van der Waals surface area contributed by atoms with Gasteiger partial charge in [-0.1, -0.05) is 24.3 Å². The topological polar surface area (TPSA) is 40.5 Å². The van der Waals surface area contributed by atoms with Crippen LogP contribution in [0.25, 0.3) is 5.57 Å². The van der Waals surface area contributed by atoms with Gasteiger partial charge in [-0.2, -0.15) is 0 Å². The zero-order chi connectivity index (χ0) is 17.1. The molecule has 126 valence electrons. The molecule has 0 atom stereocenters. The molecule has 0 bridgehead atoms. The van der Waals surface area contributed by atoms with Crippen LogP contribution in [0.1, 0.15) is 33.6 Å². The van der Waals surface area contributed by atoms with Crippen molar-refractivity contribution in [1.82, 2.24) is 4.90 Å². The first-order valence-electron chi connectivity index (χ1n) is 8.30. The van der Waals surface area contributed by atoms with Gasteiger partial charge in [-0.15, -0.1) is 11.3 Å². The lowest BCUT2D eigenvalue weighted by Gasteiger charge is -2.13. The summed E-state index contributed by atoms with van der Waals surface area (Å²) in [7, 11) is 4.17. The number of carboxylic acids is 1. The average Bonchev–Trinajstić information content (AvgIpc) is 2.92. The lowest BCUT2D eigenvalue weighted by Crippen LogP contribution is -2.12. The Kier molecular flexibility index (Phi) is 5.17. The van der Waals surface area contributed by atoms with E-state index in [2.05, 4.69) is 48.7 Å². The van der Waals surface area contributed by atoms with Crippen LogP contribution >= 0.6 is 11.3 Å². The van der Waals surface area contributed by atoms with Crippen molar-refractivity contribution in [3.63, 3.8) is 0 Å². The maximum absolute atomic E-state index is 11.1. The molecular weight excluding hydrogens is 318 g/mol. The molecule has 0 unspecified atom stereocenters. The standard InChI is InChI=1S/C20H23NO2S/c1-21(2)10-3-4-17-18-12-14(13-19(22)23)5-6-15(18)7-8-16-9-11-24-20(16)17/h4-6,9,11-12H,3,7-8,10,13H2,1-2H3,(H,22,23)/b17-4+. The Morgan fingerprint density at radius 2 is 2.04 bits per heavy atom. The van der Waals surface area contributed by atoms with Gasteiger partial charge < -0.3 is 10.0 Å². The highest BCUT2D eigenvalue weighted by atomic mass is 32.1. The molecule has 3 rings (SSSR count). The van der Waals surface area contributed by atoms with Crippen molar-refractivity contribution in [2.24, 2.45) is 0 Å². The van der Waals surface area contributed by atoms with Crippen molar-refractivity contribution in [3.8, 4) is 0 Å². The number of carboxylic acid groups (broad SMARTS) is 1. The predicted molar refractivity (Wildman–Crippen MR) is 99.8 cm³/mol. The molecule has 0 saturated heterocycles. The number of nitrogens with zero attached hydrogens (tertiary/aromatic N) is 1. The van der Waals surface area contributed by atoms with Gasteiger partial charge in [0.05, 0.1) is 6.42 Å². The molecule has 1 aromatic carbocycles. The Hall–Kier alpha value is -1.91. The molecule has 1 N–H and O–H groups in total. The van der Waals surface area contributed by atoms with Crippen LogP contribution in [0.15, 0.2) is 35.7 Å². The summed E-state index contributed by atoms with van der Waals surface area (Å²) in [6, 6.07) is 8.39. The van der Waals surface area contributed by atoms with Crippen LogP contribution in [0.3, 0.4) is 0 Å². The van der Waals surface area contributed by atoms with E-state index in [-0.39, 0.29) is 6.42 Å². The minimum absolute atomic E-state index is 0.0789. The normalized spacial score (nSPS) is 15.2. The molecule has 0 spiro atoms. The molecule has 0 saturated carbocycles. The number of hydrogen-bond acceptors (Lipinski definition) is 3. The number of thiophene rings is 1. The summed E-state index contributed by atoms with van der Waals surface area (Å²) in [5, 5.41) is 11.3. The van der Waals surface area contributed by atoms with Gasteiger partial charge in [-0.25, -0.2) is 0 Å². The van der Waals surface area contributed by atoms with E-state index in [0.29, 0.717) is 0 Å². The molecule has 1 heterocycles. The zero-order valence-electron chi connectivity index (χ0n) is 14.2. The fourth-order valence-electron chi connectivity index (χ4n) is 3.21. The molecule has 0 radical (unpaired) electrons. The molecule has 24 heavy (non-hydrogen) atoms. The van der Waals surface area contributed by atoms with E-state index in [0.717, 1.165) is 31.4 Å². The van der Waals surface area contributed by atoms with Gasteiger partial charge in [0, 0.05) is 11.4 Å². The van der Waals surface area contributed by atoms with Crippen molar-refractivity contribution in [1.29, 1.82) is 0 Å². The van der Waals surface area contributed by atoms with E-state index in [4.69, 9.17) is 5.11 Å². The summed E-state index contributed by atoms with van der Waals surface area (Å²) in [5.41, 5.74) is 6.10. The van der Waals surface area contributed by atoms with Gasteiger partial charge in [0.15, 0.2) is 0 Å². The minimum atomic E-state index is -0.779. The second kappa shape index (κ2) is 7.32. The third kappa shape index (κ3) is 3.77. The fraction of sp³-hybridized carbons (Fsp3) is 0.350. The molecule has 2 aromatic rings. The quantitative estimate of drug-likeness (QED) is 0.898. The van der Waals surface area contributed by atoms with E-state index in [1.807, 2.05) is 6.07 Å². The van der Waals surface area contributed by atoms with Crippen LogP contribution in [0.4, 0.5) is 0 Å². The van der Waals surface area contributed by atoms with Gasteiger partial charge in [0.2, 0.25) is 0 Å². The maximum atomic E-state index is 11.1. The van der Waals surface area contributed by atoms with Gasteiger partial charge in [0.1, 0.15) is 0 Å². The molecule has 0 aliphatic heterocycles. The van der Waals surface area contributed by atoms with Crippen LogP contribution in [-0.4, -0.2) is 36.6 Å². The Labute approximate surface area is 147 Å². The van der Waals surface area contributed by atoms with E-state index in [9.17, 15) is 4.79 Å². The first-order chi connectivity index (χ1) is 11.5. The number of rotatable bonds is 5. The molecule has 4 heteroatoms. The highest BCUT2D eigenvalue weighted by Crippen LogP contribution is 2.37. The Bertz CT molecular complexity index is 774. The van der Waals surface area contributed by atoms with E-state index in [1.54, 1.807) is 11.3 Å². The minimum Gasteiger partial charge on any atom is -0.481 e. The predicted octanol–water partition coefficient (Wildman–Crippen LogP) is 3.86. The summed E-state index contributed by atoms with van der Waals surface area (Å²) in [6.45, 7) is 1.01. The smallest absolute Gasteiger partial charge is 0.307 e. The first-order valence-corrected chi connectivity index (χ1v) is 9.18. The number of aliphatic carboxylic acids is 1. The Morgan fingerprint density at radius 1 is 1.25 bits per heavy atom. The summed E-state index contributed by atoms with van der Waals surface area (Å²) >= 11 is 1.79. The molecule has 3 nitrogen and oxygen atoms in total. The van der Waals surface area contributed by atoms with Crippen LogP contribution in [0.5, 0.6) is 0 Å². The zero-order valence-corrected chi connectivity index (χ0v) is 15.0. The summed E-state index contributed by atoms with van der Waals surface area (Å²) in [5.74, 6) is -0.779. The molecular formula is C20H23NO2S. The lowest BCUT2D eigenvalue weighted by molar-refractivity contribution is -0.136. The SMILES string of the molecule is CN(C)CC/C=C1\c2cc(CC(=O)O)ccc2CCc2ccsc21. The van der Waals surface area contributed by atoms with E-state index >= 15 is 0 Å². The highest BCUT2D eigenvalue weighted by molar-refractivity contribution is 7.11. The number of hydrogen-bond donors (Lipinski definition) is 1. The summed E-state index contributed by atoms with van der Waals surface area (Å²) < 4.78 is 0. The van der Waals surface area contributed by atoms with Crippen molar-refractivity contribution in [3.05, 3.63) is 62.9 Å². The Balaban J connectivity index is 2.04. The maximum Gasteiger partial charge on any atom is 0.307 e.